The van der Waals surface area contributed by atoms with E-state index < -0.39 is 6.03 Å². The Balaban J connectivity index is 1.40. The van der Waals surface area contributed by atoms with Crippen LogP contribution in [0, 0.1) is 20.8 Å². The van der Waals surface area contributed by atoms with Crippen LogP contribution < -0.4 is 16.1 Å². The summed E-state index contributed by atoms with van der Waals surface area (Å²) in [6.07, 6.45) is 5.77. The highest BCUT2D eigenvalue weighted by atomic mass is 79.9. The number of thiophene rings is 1. The molecule has 39 heavy (non-hydrogen) atoms. The molecule has 4 aromatic rings. The summed E-state index contributed by atoms with van der Waals surface area (Å²) in [5, 5.41) is 11.0. The number of carbonyl (C=O) groups excluding carboxylic acids is 2. The fourth-order valence-corrected chi connectivity index (χ4v) is 6.79. The van der Waals surface area contributed by atoms with Gasteiger partial charge in [0.2, 0.25) is 0 Å². The summed E-state index contributed by atoms with van der Waals surface area (Å²) in [6, 6.07) is 16.8. The maximum atomic E-state index is 13.7. The van der Waals surface area contributed by atoms with Crippen LogP contribution in [0.4, 0.5) is 16.2 Å². The molecule has 0 spiro atoms. The van der Waals surface area contributed by atoms with Crippen LogP contribution in [0.15, 0.2) is 64.2 Å². The van der Waals surface area contributed by atoms with Crippen molar-refractivity contribution in [1.29, 1.82) is 0 Å². The first-order valence-electron chi connectivity index (χ1n) is 12.9. The Bertz CT molecular complexity index is 1570. The minimum absolute atomic E-state index is 0.0816. The second-order valence-corrected chi connectivity index (χ2v) is 11.7. The van der Waals surface area contributed by atoms with Gasteiger partial charge in [0.1, 0.15) is 5.00 Å². The highest BCUT2D eigenvalue weighted by Crippen LogP contribution is 2.39. The van der Waals surface area contributed by atoms with Gasteiger partial charge >= 0.3 is 6.03 Å². The van der Waals surface area contributed by atoms with Crippen molar-refractivity contribution < 1.29 is 9.59 Å². The maximum absolute atomic E-state index is 13.7. The van der Waals surface area contributed by atoms with Crippen molar-refractivity contribution in [2.75, 3.05) is 10.6 Å². The van der Waals surface area contributed by atoms with E-state index in [2.05, 4.69) is 41.7 Å². The van der Waals surface area contributed by atoms with E-state index in [9.17, 15) is 9.59 Å². The van der Waals surface area contributed by atoms with Gasteiger partial charge in [0.05, 0.1) is 11.8 Å². The zero-order chi connectivity index (χ0) is 27.5. The van der Waals surface area contributed by atoms with Crippen molar-refractivity contribution in [2.24, 2.45) is 5.10 Å². The first kappa shape index (κ1) is 26.9. The summed E-state index contributed by atoms with van der Waals surface area (Å²) in [7, 11) is 0. The first-order chi connectivity index (χ1) is 18.8. The summed E-state index contributed by atoms with van der Waals surface area (Å²) in [5.41, 5.74) is 9.86. The molecule has 0 saturated heterocycles. The lowest BCUT2D eigenvalue weighted by atomic mass is 9.95. The molecule has 3 amide bonds. The molecule has 1 aliphatic rings. The molecule has 2 heterocycles. The van der Waals surface area contributed by atoms with Crippen molar-refractivity contribution in [1.82, 2.24) is 9.99 Å². The lowest BCUT2D eigenvalue weighted by molar-refractivity contribution is 0.102. The molecular formula is C30H30BrN5O2S. The van der Waals surface area contributed by atoms with Crippen LogP contribution >= 0.6 is 27.3 Å². The second-order valence-electron chi connectivity index (χ2n) is 9.71. The third kappa shape index (κ3) is 5.99. The molecule has 0 unspecified atom stereocenters. The van der Waals surface area contributed by atoms with Crippen molar-refractivity contribution in [3.05, 3.63) is 97.6 Å². The number of fused-ring (bicyclic) bond motifs is 1. The molecule has 0 aliphatic heterocycles. The standard InChI is InChI=1S/C30H30BrN5O2S/c1-18-11-13-23(14-12-18)33-28(37)27-25-9-4-5-10-26(25)39-29(27)36-19(2)15-21(20(36)3)17-32-35-30(38)34-24-8-6-7-22(31)16-24/h6-8,11-17H,4-5,9-10H2,1-3H3,(H,33,37)(H2,34,35,38)/b32-17+. The molecular weight excluding hydrogens is 574 g/mol. The van der Waals surface area contributed by atoms with Gasteiger partial charge in [0.15, 0.2) is 0 Å². The van der Waals surface area contributed by atoms with Gasteiger partial charge in [-0.1, -0.05) is 39.7 Å². The molecule has 3 N–H and O–H groups in total. The number of halogens is 1. The molecule has 2 aromatic carbocycles. The van der Waals surface area contributed by atoms with Gasteiger partial charge in [-0.05, 0) is 88.4 Å². The molecule has 2 aromatic heterocycles. The molecule has 0 bridgehead atoms. The van der Waals surface area contributed by atoms with Gasteiger partial charge in [0.25, 0.3) is 5.91 Å². The zero-order valence-corrected chi connectivity index (χ0v) is 24.5. The van der Waals surface area contributed by atoms with Crippen LogP contribution in [0.2, 0.25) is 0 Å². The Morgan fingerprint density at radius 1 is 0.974 bits per heavy atom. The Kier molecular flexibility index (Phi) is 7.99. The van der Waals surface area contributed by atoms with Crippen LogP contribution in [0.3, 0.4) is 0 Å². The van der Waals surface area contributed by atoms with E-state index in [1.165, 1.54) is 10.4 Å². The topological polar surface area (TPSA) is 87.5 Å². The van der Waals surface area contributed by atoms with E-state index >= 15 is 0 Å². The summed E-state index contributed by atoms with van der Waals surface area (Å²) < 4.78 is 3.01. The van der Waals surface area contributed by atoms with Crippen molar-refractivity contribution in [3.63, 3.8) is 0 Å². The van der Waals surface area contributed by atoms with Gasteiger partial charge in [-0.3, -0.25) is 4.79 Å². The number of rotatable bonds is 6. The highest BCUT2D eigenvalue weighted by Gasteiger charge is 2.28. The monoisotopic (exact) mass is 603 g/mol. The number of urea groups is 1. The number of hydrogen-bond acceptors (Lipinski definition) is 4. The van der Waals surface area contributed by atoms with Crippen LogP contribution in [0.1, 0.15) is 56.2 Å². The van der Waals surface area contributed by atoms with Crippen molar-refractivity contribution in [2.45, 2.75) is 46.5 Å². The number of benzene rings is 2. The largest absolute Gasteiger partial charge is 0.339 e. The number of aromatic nitrogens is 1. The Labute approximate surface area is 240 Å². The second kappa shape index (κ2) is 11.6. The number of hydrogen-bond donors (Lipinski definition) is 3. The van der Waals surface area contributed by atoms with Gasteiger partial charge in [-0.2, -0.15) is 5.10 Å². The number of nitrogens with zero attached hydrogens (tertiary/aromatic N) is 2. The molecule has 1 aliphatic carbocycles. The van der Waals surface area contributed by atoms with Crippen LogP contribution in [-0.4, -0.2) is 22.7 Å². The summed E-state index contributed by atoms with van der Waals surface area (Å²) in [5.74, 6) is -0.0816. The maximum Gasteiger partial charge on any atom is 0.339 e. The minimum atomic E-state index is -0.431. The van der Waals surface area contributed by atoms with Crippen molar-refractivity contribution in [3.8, 4) is 5.00 Å². The quantitative estimate of drug-likeness (QED) is 0.157. The average molecular weight is 605 g/mol. The normalized spacial score (nSPS) is 12.8. The molecule has 9 heteroatoms. The van der Waals surface area contributed by atoms with Crippen LogP contribution in [0.25, 0.3) is 5.00 Å². The number of anilines is 2. The van der Waals surface area contributed by atoms with E-state index in [0.717, 1.165) is 68.9 Å². The smallest absolute Gasteiger partial charge is 0.322 e. The van der Waals surface area contributed by atoms with E-state index in [-0.39, 0.29) is 5.91 Å². The lowest BCUT2D eigenvalue weighted by Gasteiger charge is -2.14. The first-order valence-corrected chi connectivity index (χ1v) is 14.5. The molecule has 0 atom stereocenters. The Hall–Kier alpha value is -3.69. The highest BCUT2D eigenvalue weighted by molar-refractivity contribution is 9.10. The van der Waals surface area contributed by atoms with Gasteiger partial charge < -0.3 is 15.2 Å². The molecule has 200 valence electrons. The number of amides is 3. The average Bonchev–Trinajstić information content (AvgIpc) is 3.41. The van der Waals surface area contributed by atoms with Crippen molar-refractivity contribution >= 4 is 56.8 Å². The third-order valence-electron chi connectivity index (χ3n) is 6.81. The number of nitrogens with one attached hydrogen (secondary N) is 3. The van der Waals surface area contributed by atoms with Crippen LogP contribution in [0.5, 0.6) is 0 Å². The van der Waals surface area contributed by atoms with Gasteiger partial charge in [0, 0.05) is 37.7 Å². The van der Waals surface area contributed by atoms with E-state index in [1.807, 2.05) is 69.3 Å². The fraction of sp³-hybridized carbons (Fsp3) is 0.233. The SMILES string of the molecule is Cc1ccc(NC(=O)c2c(-n3c(C)cc(/C=N/NC(=O)Nc4cccc(Br)c4)c3C)sc3c2CCCC3)cc1. The Morgan fingerprint density at radius 2 is 1.74 bits per heavy atom. The molecule has 7 nitrogen and oxygen atoms in total. The summed E-state index contributed by atoms with van der Waals surface area (Å²) in [6.45, 7) is 6.07. The fourth-order valence-electron chi connectivity index (χ4n) is 4.89. The molecule has 0 radical (unpaired) electrons. The number of aryl methyl sites for hydroxylation is 3. The third-order valence-corrected chi connectivity index (χ3v) is 8.59. The number of carbonyl (C=O) groups is 2. The van der Waals surface area contributed by atoms with E-state index in [0.29, 0.717) is 5.69 Å². The molecule has 0 fully saturated rings. The summed E-state index contributed by atoms with van der Waals surface area (Å²) >= 11 is 5.10. The molecule has 0 saturated carbocycles. The Morgan fingerprint density at radius 3 is 2.51 bits per heavy atom. The minimum Gasteiger partial charge on any atom is -0.322 e. The van der Waals surface area contributed by atoms with Gasteiger partial charge in [-0.15, -0.1) is 11.3 Å². The van der Waals surface area contributed by atoms with E-state index in [4.69, 9.17) is 0 Å². The predicted molar refractivity (Wildman–Crippen MR) is 163 cm³/mol. The molecule has 5 rings (SSSR count). The number of hydrazone groups is 1. The lowest BCUT2D eigenvalue weighted by Crippen LogP contribution is -2.24. The van der Waals surface area contributed by atoms with Gasteiger partial charge in [-0.25, -0.2) is 10.2 Å². The summed E-state index contributed by atoms with van der Waals surface area (Å²) in [4.78, 5) is 27.3. The van der Waals surface area contributed by atoms with Crippen LogP contribution in [-0.2, 0) is 12.8 Å². The predicted octanol–water partition coefficient (Wildman–Crippen LogP) is 7.51. The zero-order valence-electron chi connectivity index (χ0n) is 22.1. The van der Waals surface area contributed by atoms with E-state index in [1.54, 1.807) is 23.6 Å².